The largest absolute Gasteiger partial charge is 0.312 e. The van der Waals surface area contributed by atoms with Crippen molar-refractivity contribution in [1.29, 1.82) is 0 Å². The van der Waals surface area contributed by atoms with Gasteiger partial charge in [-0.15, -0.1) is 23.4 Å². The first kappa shape index (κ1) is 9.90. The highest BCUT2D eigenvalue weighted by Gasteiger charge is 2.06. The molecule has 1 atom stereocenters. The lowest BCUT2D eigenvalue weighted by atomic mass is 10.2. The maximum atomic E-state index is 5.81. The van der Waals surface area contributed by atoms with Gasteiger partial charge >= 0.3 is 0 Å². The SMILES string of the molecule is CCSc1ccccc1C(N)Cl. The highest BCUT2D eigenvalue weighted by Crippen LogP contribution is 2.27. The summed E-state index contributed by atoms with van der Waals surface area (Å²) in [4.78, 5) is 1.18. The van der Waals surface area contributed by atoms with Crippen molar-refractivity contribution in [3.63, 3.8) is 0 Å². The van der Waals surface area contributed by atoms with Crippen molar-refractivity contribution in [3.05, 3.63) is 29.8 Å². The molecule has 0 aliphatic carbocycles. The third kappa shape index (κ3) is 2.41. The minimum Gasteiger partial charge on any atom is -0.312 e. The van der Waals surface area contributed by atoms with Crippen LogP contribution in [0.3, 0.4) is 0 Å². The Morgan fingerprint density at radius 3 is 2.75 bits per heavy atom. The fourth-order valence-electron chi connectivity index (χ4n) is 0.995. The number of rotatable bonds is 3. The predicted octanol–water partition coefficient (Wildman–Crippen LogP) is 2.99. The Morgan fingerprint density at radius 2 is 2.17 bits per heavy atom. The van der Waals surface area contributed by atoms with Gasteiger partial charge in [0.2, 0.25) is 0 Å². The number of benzene rings is 1. The zero-order valence-corrected chi connectivity index (χ0v) is 8.53. The van der Waals surface area contributed by atoms with E-state index in [4.69, 9.17) is 17.3 Å². The van der Waals surface area contributed by atoms with Crippen LogP contribution in [-0.2, 0) is 0 Å². The third-order valence-electron chi connectivity index (χ3n) is 1.52. The molecule has 1 aromatic carbocycles. The summed E-state index contributed by atoms with van der Waals surface area (Å²) in [5.41, 5.74) is 6.23. The molecule has 0 radical (unpaired) electrons. The van der Waals surface area contributed by atoms with Crippen LogP contribution in [0, 0.1) is 0 Å². The molecule has 0 aliphatic heterocycles. The number of nitrogens with two attached hydrogens (primary N) is 1. The molecule has 0 aliphatic rings. The Morgan fingerprint density at radius 1 is 1.50 bits per heavy atom. The van der Waals surface area contributed by atoms with Crippen LogP contribution in [0.15, 0.2) is 29.2 Å². The molecule has 0 fully saturated rings. The Labute approximate surface area is 82.3 Å². The van der Waals surface area contributed by atoms with E-state index in [1.54, 1.807) is 11.8 Å². The van der Waals surface area contributed by atoms with E-state index in [9.17, 15) is 0 Å². The standard InChI is InChI=1S/C9H12ClNS/c1-2-12-8-6-4-3-5-7(8)9(10)11/h3-6,9H,2,11H2,1H3. The molecule has 2 N–H and O–H groups in total. The molecule has 0 saturated heterocycles. The number of thioether (sulfide) groups is 1. The lowest BCUT2D eigenvalue weighted by molar-refractivity contribution is 0.981. The topological polar surface area (TPSA) is 26.0 Å². The molecule has 0 heterocycles. The average Bonchev–Trinajstić information content (AvgIpc) is 2.05. The van der Waals surface area contributed by atoms with E-state index in [0.717, 1.165) is 11.3 Å². The summed E-state index contributed by atoms with van der Waals surface area (Å²) in [5, 5.41) is 0. The van der Waals surface area contributed by atoms with Crippen LogP contribution in [0.5, 0.6) is 0 Å². The van der Waals surface area contributed by atoms with Crippen LogP contribution in [0.4, 0.5) is 0 Å². The van der Waals surface area contributed by atoms with Gasteiger partial charge in [-0.25, -0.2) is 0 Å². The Hall–Kier alpha value is -0.180. The summed E-state index contributed by atoms with van der Waals surface area (Å²) in [6.07, 6.45) is 0. The van der Waals surface area contributed by atoms with Crippen molar-refractivity contribution in [1.82, 2.24) is 0 Å². The molecular formula is C9H12ClNS. The molecule has 0 aromatic heterocycles. The fourth-order valence-corrected chi connectivity index (χ4v) is 2.10. The van der Waals surface area contributed by atoms with Gasteiger partial charge in [0.15, 0.2) is 0 Å². The first-order valence-corrected chi connectivity index (χ1v) is 5.29. The van der Waals surface area contributed by atoms with Gasteiger partial charge in [0.05, 0.1) is 0 Å². The van der Waals surface area contributed by atoms with Crippen molar-refractivity contribution in [3.8, 4) is 0 Å². The number of halogens is 1. The van der Waals surface area contributed by atoms with E-state index in [0.29, 0.717) is 0 Å². The molecule has 12 heavy (non-hydrogen) atoms. The van der Waals surface area contributed by atoms with E-state index < -0.39 is 0 Å². The average molecular weight is 202 g/mol. The van der Waals surface area contributed by atoms with Crippen LogP contribution in [0.25, 0.3) is 0 Å². The van der Waals surface area contributed by atoms with Gasteiger partial charge in [0.25, 0.3) is 0 Å². The fraction of sp³-hybridized carbons (Fsp3) is 0.333. The van der Waals surface area contributed by atoms with Gasteiger partial charge in [-0.05, 0) is 17.4 Å². The van der Waals surface area contributed by atoms with Crippen molar-refractivity contribution >= 4 is 23.4 Å². The highest BCUT2D eigenvalue weighted by molar-refractivity contribution is 7.99. The minimum atomic E-state index is -0.389. The van der Waals surface area contributed by atoms with Crippen molar-refractivity contribution in [2.45, 2.75) is 17.3 Å². The van der Waals surface area contributed by atoms with Crippen LogP contribution >= 0.6 is 23.4 Å². The molecule has 1 aromatic rings. The van der Waals surface area contributed by atoms with Crippen LogP contribution in [0.2, 0.25) is 0 Å². The van der Waals surface area contributed by atoms with Gasteiger partial charge in [0, 0.05) is 4.90 Å². The Balaban J connectivity index is 2.92. The second-order valence-corrected chi connectivity index (χ2v) is 4.15. The van der Waals surface area contributed by atoms with Crippen molar-refractivity contribution in [2.24, 2.45) is 5.73 Å². The number of hydrogen-bond acceptors (Lipinski definition) is 2. The zero-order chi connectivity index (χ0) is 8.97. The normalized spacial score (nSPS) is 12.9. The molecule has 0 bridgehead atoms. The lowest BCUT2D eigenvalue weighted by Gasteiger charge is -2.08. The summed E-state index contributed by atoms with van der Waals surface area (Å²) in [6, 6.07) is 7.97. The second-order valence-electron chi connectivity index (χ2n) is 2.37. The van der Waals surface area contributed by atoms with Gasteiger partial charge in [0.1, 0.15) is 5.50 Å². The molecule has 66 valence electrons. The quantitative estimate of drug-likeness (QED) is 0.462. The molecule has 0 saturated carbocycles. The van der Waals surface area contributed by atoms with E-state index in [-0.39, 0.29) is 5.50 Å². The summed E-state index contributed by atoms with van der Waals surface area (Å²) < 4.78 is 0. The predicted molar refractivity (Wildman–Crippen MR) is 55.6 cm³/mol. The molecular weight excluding hydrogens is 190 g/mol. The van der Waals surface area contributed by atoms with Gasteiger partial charge in [-0.1, -0.05) is 25.1 Å². The maximum absolute atomic E-state index is 5.81. The van der Waals surface area contributed by atoms with Gasteiger partial charge in [-0.3, -0.25) is 0 Å². The third-order valence-corrected chi connectivity index (χ3v) is 2.72. The first-order valence-electron chi connectivity index (χ1n) is 3.87. The number of alkyl halides is 1. The molecule has 3 heteroatoms. The van der Waals surface area contributed by atoms with E-state index in [1.807, 2.05) is 24.3 Å². The summed E-state index contributed by atoms with van der Waals surface area (Å²) >= 11 is 7.57. The number of hydrogen-bond donors (Lipinski definition) is 1. The summed E-state index contributed by atoms with van der Waals surface area (Å²) in [5.74, 6) is 1.04. The second kappa shape index (κ2) is 4.75. The van der Waals surface area contributed by atoms with Crippen molar-refractivity contribution < 1.29 is 0 Å². The van der Waals surface area contributed by atoms with E-state index in [1.165, 1.54) is 4.90 Å². The molecule has 0 spiro atoms. The lowest BCUT2D eigenvalue weighted by Crippen LogP contribution is -2.03. The minimum absolute atomic E-state index is 0.389. The van der Waals surface area contributed by atoms with Crippen LogP contribution in [-0.4, -0.2) is 5.75 Å². The maximum Gasteiger partial charge on any atom is 0.107 e. The van der Waals surface area contributed by atoms with E-state index in [2.05, 4.69) is 6.92 Å². The molecule has 1 nitrogen and oxygen atoms in total. The van der Waals surface area contributed by atoms with Crippen LogP contribution < -0.4 is 5.73 Å². The Kier molecular flexibility index (Phi) is 3.92. The summed E-state index contributed by atoms with van der Waals surface area (Å²) in [7, 11) is 0. The highest BCUT2D eigenvalue weighted by atomic mass is 35.5. The molecule has 1 unspecified atom stereocenters. The first-order chi connectivity index (χ1) is 5.75. The van der Waals surface area contributed by atoms with Crippen molar-refractivity contribution in [2.75, 3.05) is 5.75 Å². The monoisotopic (exact) mass is 201 g/mol. The van der Waals surface area contributed by atoms with Gasteiger partial charge in [-0.2, -0.15) is 0 Å². The molecule has 0 amide bonds. The Bertz CT molecular complexity index is 250. The van der Waals surface area contributed by atoms with E-state index >= 15 is 0 Å². The van der Waals surface area contributed by atoms with Crippen LogP contribution in [0.1, 0.15) is 18.0 Å². The smallest absolute Gasteiger partial charge is 0.107 e. The zero-order valence-electron chi connectivity index (χ0n) is 6.96. The summed E-state index contributed by atoms with van der Waals surface area (Å²) in [6.45, 7) is 2.11. The van der Waals surface area contributed by atoms with Gasteiger partial charge < -0.3 is 5.73 Å². The molecule has 1 rings (SSSR count).